The fourth-order valence-corrected chi connectivity index (χ4v) is 1.70. The zero-order valence-corrected chi connectivity index (χ0v) is 9.57. The summed E-state index contributed by atoms with van der Waals surface area (Å²) in [6, 6.07) is 4.25. The van der Waals surface area contributed by atoms with Crippen molar-refractivity contribution in [3.8, 4) is 16.9 Å². The normalized spacial score (nSPS) is 10.3. The second-order valence-electron chi connectivity index (χ2n) is 3.56. The van der Waals surface area contributed by atoms with Crippen molar-refractivity contribution in [3.05, 3.63) is 36.0 Å². The average molecular weight is 233 g/mol. The van der Waals surface area contributed by atoms with Crippen molar-refractivity contribution in [3.63, 3.8) is 0 Å². The first-order chi connectivity index (χ1) is 8.13. The first-order valence-electron chi connectivity index (χ1n) is 5.04. The Hall–Kier alpha value is -2.17. The summed E-state index contributed by atoms with van der Waals surface area (Å²) in [6.45, 7) is 1.79. The van der Waals surface area contributed by atoms with E-state index in [1.54, 1.807) is 13.0 Å². The van der Waals surface area contributed by atoms with Crippen molar-refractivity contribution in [1.29, 1.82) is 0 Å². The van der Waals surface area contributed by atoms with Crippen LogP contribution in [0.5, 0.6) is 5.75 Å². The molecule has 2 N–H and O–H groups in total. The van der Waals surface area contributed by atoms with E-state index in [9.17, 15) is 4.39 Å². The number of nitrogens with two attached hydrogens (primary N) is 1. The molecule has 0 saturated heterocycles. The summed E-state index contributed by atoms with van der Waals surface area (Å²) in [4.78, 5) is 7.96. The van der Waals surface area contributed by atoms with Crippen molar-refractivity contribution in [2.45, 2.75) is 6.92 Å². The average Bonchev–Trinajstić information content (AvgIpc) is 2.29. The van der Waals surface area contributed by atoms with Crippen molar-refractivity contribution in [2.75, 3.05) is 12.8 Å². The third-order valence-electron chi connectivity index (χ3n) is 2.50. The lowest BCUT2D eigenvalue weighted by atomic mass is 10.0. The molecule has 0 radical (unpaired) electrons. The standard InChI is InChI=1S/C12H12FN3O/c1-7-11(12(14)16-6-15-7)9-5-8(13)3-4-10(9)17-2/h3-6H,1-2H3,(H2,14,15,16). The van der Waals surface area contributed by atoms with Gasteiger partial charge in [-0.3, -0.25) is 0 Å². The Morgan fingerprint density at radius 1 is 1.29 bits per heavy atom. The lowest BCUT2D eigenvalue weighted by Gasteiger charge is -2.11. The molecule has 0 fully saturated rings. The molecule has 4 nitrogen and oxygen atoms in total. The zero-order chi connectivity index (χ0) is 12.4. The molecule has 17 heavy (non-hydrogen) atoms. The summed E-state index contributed by atoms with van der Waals surface area (Å²) < 4.78 is 18.5. The summed E-state index contributed by atoms with van der Waals surface area (Å²) in [5.41, 5.74) is 7.64. The number of anilines is 1. The van der Waals surface area contributed by atoms with Crippen LogP contribution in [0.3, 0.4) is 0 Å². The van der Waals surface area contributed by atoms with Gasteiger partial charge in [-0.2, -0.15) is 0 Å². The zero-order valence-electron chi connectivity index (χ0n) is 9.57. The molecule has 0 aliphatic rings. The van der Waals surface area contributed by atoms with Crippen LogP contribution in [0, 0.1) is 12.7 Å². The number of ether oxygens (including phenoxy) is 1. The SMILES string of the molecule is COc1ccc(F)cc1-c1c(C)ncnc1N. The minimum Gasteiger partial charge on any atom is -0.496 e. The second-order valence-corrected chi connectivity index (χ2v) is 3.56. The molecule has 0 bridgehead atoms. The number of nitrogens with zero attached hydrogens (tertiary/aromatic N) is 2. The van der Waals surface area contributed by atoms with Crippen LogP contribution in [0.1, 0.15) is 5.69 Å². The monoisotopic (exact) mass is 233 g/mol. The largest absolute Gasteiger partial charge is 0.496 e. The Kier molecular flexibility index (Phi) is 2.91. The van der Waals surface area contributed by atoms with Gasteiger partial charge in [-0.05, 0) is 25.1 Å². The van der Waals surface area contributed by atoms with E-state index in [-0.39, 0.29) is 5.82 Å². The van der Waals surface area contributed by atoms with Gasteiger partial charge in [0.25, 0.3) is 0 Å². The molecule has 1 heterocycles. The van der Waals surface area contributed by atoms with Gasteiger partial charge in [0, 0.05) is 11.1 Å². The lowest BCUT2D eigenvalue weighted by molar-refractivity contribution is 0.415. The highest BCUT2D eigenvalue weighted by molar-refractivity contribution is 5.80. The summed E-state index contributed by atoms with van der Waals surface area (Å²) in [5, 5.41) is 0. The van der Waals surface area contributed by atoms with E-state index in [0.717, 1.165) is 0 Å². The minimum atomic E-state index is -0.358. The second kappa shape index (κ2) is 4.37. The predicted octanol–water partition coefficient (Wildman–Crippen LogP) is 2.18. The fraction of sp³-hybridized carbons (Fsp3) is 0.167. The third kappa shape index (κ3) is 2.04. The van der Waals surface area contributed by atoms with E-state index in [1.165, 1.54) is 25.6 Å². The topological polar surface area (TPSA) is 61.0 Å². The molecule has 88 valence electrons. The van der Waals surface area contributed by atoms with Crippen molar-refractivity contribution >= 4 is 5.82 Å². The number of methoxy groups -OCH3 is 1. The summed E-state index contributed by atoms with van der Waals surface area (Å²) in [7, 11) is 1.52. The molecule has 0 spiro atoms. The number of benzene rings is 1. The quantitative estimate of drug-likeness (QED) is 0.863. The van der Waals surface area contributed by atoms with Gasteiger partial charge in [-0.25, -0.2) is 14.4 Å². The summed E-state index contributed by atoms with van der Waals surface area (Å²) in [6.07, 6.45) is 1.37. The Labute approximate surface area is 98.3 Å². The molecule has 1 aromatic carbocycles. The molecule has 2 aromatic rings. The molecule has 0 amide bonds. The van der Waals surface area contributed by atoms with Crippen LogP contribution >= 0.6 is 0 Å². The van der Waals surface area contributed by atoms with Crippen LogP contribution in [-0.4, -0.2) is 17.1 Å². The van der Waals surface area contributed by atoms with E-state index in [2.05, 4.69) is 9.97 Å². The maximum Gasteiger partial charge on any atom is 0.135 e. The van der Waals surface area contributed by atoms with E-state index in [0.29, 0.717) is 28.4 Å². The molecule has 0 unspecified atom stereocenters. The van der Waals surface area contributed by atoms with E-state index < -0.39 is 0 Å². The number of rotatable bonds is 2. The highest BCUT2D eigenvalue weighted by Crippen LogP contribution is 2.34. The van der Waals surface area contributed by atoms with Crippen LogP contribution in [0.4, 0.5) is 10.2 Å². The highest BCUT2D eigenvalue weighted by Gasteiger charge is 2.14. The van der Waals surface area contributed by atoms with E-state index >= 15 is 0 Å². The first kappa shape index (κ1) is 11.3. The molecular formula is C12H12FN3O. The summed E-state index contributed by atoms with van der Waals surface area (Å²) >= 11 is 0. The number of aryl methyl sites for hydroxylation is 1. The Morgan fingerprint density at radius 2 is 2.06 bits per heavy atom. The molecule has 0 aliphatic heterocycles. The van der Waals surface area contributed by atoms with Gasteiger partial charge in [-0.1, -0.05) is 0 Å². The van der Waals surface area contributed by atoms with Crippen molar-refractivity contribution < 1.29 is 9.13 Å². The molecule has 2 rings (SSSR count). The van der Waals surface area contributed by atoms with Crippen LogP contribution in [-0.2, 0) is 0 Å². The number of hydrogen-bond acceptors (Lipinski definition) is 4. The van der Waals surface area contributed by atoms with Gasteiger partial charge in [0.1, 0.15) is 23.7 Å². The molecule has 0 atom stereocenters. The van der Waals surface area contributed by atoms with Gasteiger partial charge in [0.2, 0.25) is 0 Å². The van der Waals surface area contributed by atoms with Crippen molar-refractivity contribution in [2.24, 2.45) is 0 Å². The highest BCUT2D eigenvalue weighted by atomic mass is 19.1. The van der Waals surface area contributed by atoms with Gasteiger partial charge in [-0.15, -0.1) is 0 Å². The minimum absolute atomic E-state index is 0.307. The van der Waals surface area contributed by atoms with E-state index in [1.807, 2.05) is 0 Å². The van der Waals surface area contributed by atoms with Gasteiger partial charge < -0.3 is 10.5 Å². The third-order valence-corrected chi connectivity index (χ3v) is 2.50. The number of aromatic nitrogens is 2. The Bertz CT molecular complexity index is 537. The number of halogens is 1. The number of nitrogen functional groups attached to an aromatic ring is 1. The van der Waals surface area contributed by atoms with Crippen LogP contribution in [0.15, 0.2) is 24.5 Å². The van der Waals surface area contributed by atoms with Crippen LogP contribution < -0.4 is 10.5 Å². The molecular weight excluding hydrogens is 221 g/mol. The van der Waals surface area contributed by atoms with Gasteiger partial charge in [0.05, 0.1) is 12.8 Å². The van der Waals surface area contributed by atoms with Gasteiger partial charge >= 0.3 is 0 Å². The van der Waals surface area contributed by atoms with Crippen LogP contribution in [0.2, 0.25) is 0 Å². The summed E-state index contributed by atoms with van der Waals surface area (Å²) in [5.74, 6) is 0.487. The van der Waals surface area contributed by atoms with Crippen molar-refractivity contribution in [1.82, 2.24) is 9.97 Å². The maximum atomic E-state index is 13.3. The predicted molar refractivity (Wildman–Crippen MR) is 63.1 cm³/mol. The van der Waals surface area contributed by atoms with Gasteiger partial charge in [0.15, 0.2) is 0 Å². The molecule has 0 aliphatic carbocycles. The smallest absolute Gasteiger partial charge is 0.135 e. The van der Waals surface area contributed by atoms with E-state index in [4.69, 9.17) is 10.5 Å². The Morgan fingerprint density at radius 3 is 2.71 bits per heavy atom. The van der Waals surface area contributed by atoms with Crippen LogP contribution in [0.25, 0.3) is 11.1 Å². The lowest BCUT2D eigenvalue weighted by Crippen LogP contribution is -2.00. The first-order valence-corrected chi connectivity index (χ1v) is 5.04. The molecule has 1 aromatic heterocycles. The molecule has 0 saturated carbocycles. The molecule has 5 heteroatoms. The maximum absolute atomic E-state index is 13.3. The fourth-order valence-electron chi connectivity index (χ4n) is 1.70. The Balaban J connectivity index is 2.71. The number of hydrogen-bond donors (Lipinski definition) is 1.